The molecule has 2 aromatic rings. The lowest BCUT2D eigenvalue weighted by molar-refractivity contribution is 0.0686. The average molecular weight is 296 g/mol. The van der Waals surface area contributed by atoms with E-state index in [2.05, 4.69) is 0 Å². The first-order chi connectivity index (χ1) is 9.40. The number of Topliss-reactive ketones (excluding diaryl/α,β-unsaturated/α-hetero) is 1. The maximum Gasteiger partial charge on any atom is 0.352 e. The first kappa shape index (κ1) is 14.3. The molecule has 0 atom stereocenters. The molecule has 4 nitrogen and oxygen atoms in total. The van der Waals surface area contributed by atoms with E-state index >= 15 is 0 Å². The normalized spacial score (nSPS) is 10.6. The number of nitrogens with zero attached hydrogens (tertiary/aromatic N) is 1. The highest BCUT2D eigenvalue weighted by Gasteiger charge is 2.17. The molecule has 0 aliphatic rings. The van der Waals surface area contributed by atoms with Crippen LogP contribution >= 0.6 is 11.6 Å². The first-order valence-electron chi connectivity index (χ1n) is 5.76. The zero-order valence-corrected chi connectivity index (χ0v) is 11.3. The second-order valence-electron chi connectivity index (χ2n) is 4.33. The van der Waals surface area contributed by atoms with E-state index in [-0.39, 0.29) is 34.0 Å². The van der Waals surface area contributed by atoms with Crippen molar-refractivity contribution in [1.29, 1.82) is 0 Å². The largest absolute Gasteiger partial charge is 0.477 e. The van der Waals surface area contributed by atoms with Crippen molar-refractivity contribution in [2.24, 2.45) is 7.05 Å². The zero-order chi connectivity index (χ0) is 14.9. The summed E-state index contributed by atoms with van der Waals surface area (Å²) in [6.07, 6.45) is 1.19. The third-order valence-corrected chi connectivity index (χ3v) is 3.30. The fourth-order valence-corrected chi connectivity index (χ4v) is 2.12. The zero-order valence-electron chi connectivity index (χ0n) is 10.6. The Labute approximate surface area is 119 Å². The van der Waals surface area contributed by atoms with Crippen molar-refractivity contribution in [2.45, 2.75) is 6.42 Å². The van der Waals surface area contributed by atoms with Crippen LogP contribution in [0.25, 0.3) is 0 Å². The van der Waals surface area contributed by atoms with Gasteiger partial charge in [0.1, 0.15) is 11.5 Å². The number of aromatic nitrogens is 1. The predicted octanol–water partition coefficient (Wildman–Crippen LogP) is 2.94. The summed E-state index contributed by atoms with van der Waals surface area (Å²) in [5.74, 6) is -2.07. The molecule has 1 N–H and O–H groups in total. The number of carboxylic acids is 1. The van der Waals surface area contributed by atoms with Crippen LogP contribution in [0.3, 0.4) is 0 Å². The number of aromatic carboxylic acids is 1. The van der Waals surface area contributed by atoms with Gasteiger partial charge in [-0.15, -0.1) is 0 Å². The van der Waals surface area contributed by atoms with Gasteiger partial charge in [-0.3, -0.25) is 4.79 Å². The Hall–Kier alpha value is -2.14. The molecule has 0 amide bonds. The molecule has 1 aromatic carbocycles. The molecule has 6 heteroatoms. The highest BCUT2D eigenvalue weighted by molar-refractivity contribution is 6.31. The van der Waals surface area contributed by atoms with Crippen LogP contribution in [0, 0.1) is 5.82 Å². The van der Waals surface area contributed by atoms with E-state index in [1.165, 1.54) is 42.1 Å². The lowest BCUT2D eigenvalue weighted by Gasteiger charge is -2.04. The minimum Gasteiger partial charge on any atom is -0.477 e. The summed E-state index contributed by atoms with van der Waals surface area (Å²) < 4.78 is 14.9. The fraction of sp³-hybridized carbons (Fsp3) is 0.143. The van der Waals surface area contributed by atoms with Gasteiger partial charge in [0.25, 0.3) is 0 Å². The van der Waals surface area contributed by atoms with Crippen LogP contribution in [0.2, 0.25) is 5.02 Å². The van der Waals surface area contributed by atoms with Gasteiger partial charge in [-0.2, -0.15) is 0 Å². The number of hydrogen-bond donors (Lipinski definition) is 1. The minimum atomic E-state index is -1.13. The molecular formula is C14H11ClFNO3. The molecular weight excluding hydrogens is 285 g/mol. The van der Waals surface area contributed by atoms with Gasteiger partial charge in [0.15, 0.2) is 5.78 Å². The van der Waals surface area contributed by atoms with Crippen molar-refractivity contribution in [3.8, 4) is 0 Å². The van der Waals surface area contributed by atoms with Gasteiger partial charge < -0.3 is 9.67 Å². The first-order valence-corrected chi connectivity index (χ1v) is 6.13. The predicted molar refractivity (Wildman–Crippen MR) is 71.8 cm³/mol. The summed E-state index contributed by atoms with van der Waals surface area (Å²) in [5.41, 5.74) is 0.317. The van der Waals surface area contributed by atoms with Crippen LogP contribution < -0.4 is 0 Å². The monoisotopic (exact) mass is 295 g/mol. The lowest BCUT2D eigenvalue weighted by atomic mass is 10.0. The number of hydrogen-bond acceptors (Lipinski definition) is 2. The van der Waals surface area contributed by atoms with Crippen molar-refractivity contribution in [1.82, 2.24) is 4.57 Å². The standard InChI is InChI=1S/C14H11ClFNO3/c1-17-7-8(5-12(17)14(19)20)13(18)6-9-10(15)3-2-4-11(9)16/h2-5,7H,6H2,1H3,(H,19,20). The molecule has 0 aliphatic carbocycles. The molecule has 0 radical (unpaired) electrons. The third kappa shape index (κ3) is 2.72. The van der Waals surface area contributed by atoms with E-state index in [0.717, 1.165) is 0 Å². The van der Waals surface area contributed by atoms with Gasteiger partial charge in [0, 0.05) is 35.8 Å². The van der Waals surface area contributed by atoms with E-state index in [1.807, 2.05) is 0 Å². The van der Waals surface area contributed by atoms with Gasteiger partial charge in [-0.1, -0.05) is 17.7 Å². The molecule has 0 aliphatic heterocycles. The van der Waals surface area contributed by atoms with Crippen LogP contribution in [0.4, 0.5) is 4.39 Å². The van der Waals surface area contributed by atoms with Crippen molar-refractivity contribution < 1.29 is 19.1 Å². The minimum absolute atomic E-state index is 0.00650. The molecule has 104 valence electrons. The molecule has 0 saturated carbocycles. The second-order valence-corrected chi connectivity index (χ2v) is 4.74. The number of carbonyl (C=O) groups excluding carboxylic acids is 1. The van der Waals surface area contributed by atoms with Crippen LogP contribution in [-0.4, -0.2) is 21.4 Å². The van der Waals surface area contributed by atoms with E-state index in [1.54, 1.807) is 0 Å². The Morgan fingerprint density at radius 1 is 1.40 bits per heavy atom. The Kier molecular flexibility index (Phi) is 3.90. The number of carboxylic acid groups (broad SMARTS) is 1. The summed E-state index contributed by atoms with van der Waals surface area (Å²) in [6, 6.07) is 5.44. The van der Waals surface area contributed by atoms with Gasteiger partial charge in [0.2, 0.25) is 0 Å². The Morgan fingerprint density at radius 3 is 2.65 bits per heavy atom. The number of rotatable bonds is 4. The smallest absolute Gasteiger partial charge is 0.352 e. The molecule has 20 heavy (non-hydrogen) atoms. The molecule has 0 fully saturated rings. The number of carbonyl (C=O) groups is 2. The van der Waals surface area contributed by atoms with Crippen LogP contribution in [0.1, 0.15) is 26.4 Å². The highest BCUT2D eigenvalue weighted by Crippen LogP contribution is 2.21. The van der Waals surface area contributed by atoms with Crippen molar-refractivity contribution >= 4 is 23.4 Å². The van der Waals surface area contributed by atoms with E-state index in [0.29, 0.717) is 0 Å². The third-order valence-electron chi connectivity index (χ3n) is 2.95. The molecule has 1 aromatic heterocycles. The molecule has 0 unspecified atom stereocenters. The molecule has 0 bridgehead atoms. The maximum atomic E-state index is 13.6. The summed E-state index contributed by atoms with van der Waals surface area (Å²) in [5, 5.41) is 9.10. The second kappa shape index (κ2) is 5.46. The van der Waals surface area contributed by atoms with Crippen molar-refractivity contribution in [3.63, 3.8) is 0 Å². The summed E-state index contributed by atoms with van der Waals surface area (Å²) in [4.78, 5) is 23.0. The topological polar surface area (TPSA) is 59.3 Å². The van der Waals surface area contributed by atoms with Gasteiger partial charge >= 0.3 is 5.97 Å². The quantitative estimate of drug-likeness (QED) is 0.882. The summed E-state index contributed by atoms with van der Waals surface area (Å²) >= 11 is 5.86. The summed E-state index contributed by atoms with van der Waals surface area (Å²) in [6.45, 7) is 0. The van der Waals surface area contributed by atoms with Crippen LogP contribution in [-0.2, 0) is 13.5 Å². The van der Waals surface area contributed by atoms with Crippen LogP contribution in [0.5, 0.6) is 0 Å². The van der Waals surface area contributed by atoms with E-state index < -0.39 is 11.8 Å². The van der Waals surface area contributed by atoms with Crippen molar-refractivity contribution in [2.75, 3.05) is 0 Å². The Morgan fingerprint density at radius 2 is 2.10 bits per heavy atom. The lowest BCUT2D eigenvalue weighted by Crippen LogP contribution is -2.05. The Bertz CT molecular complexity index is 673. The van der Waals surface area contributed by atoms with Crippen LogP contribution in [0.15, 0.2) is 30.5 Å². The maximum absolute atomic E-state index is 13.6. The number of ketones is 1. The SMILES string of the molecule is Cn1cc(C(=O)Cc2c(F)cccc2Cl)cc1C(=O)O. The van der Waals surface area contributed by atoms with Crippen molar-refractivity contribution in [3.05, 3.63) is 58.1 Å². The molecule has 2 rings (SSSR count). The highest BCUT2D eigenvalue weighted by atomic mass is 35.5. The molecule has 1 heterocycles. The fourth-order valence-electron chi connectivity index (χ4n) is 1.89. The summed E-state index contributed by atoms with van der Waals surface area (Å²) in [7, 11) is 1.52. The number of aryl methyl sites for hydroxylation is 1. The van der Waals surface area contributed by atoms with Gasteiger partial charge in [-0.25, -0.2) is 9.18 Å². The number of halogens is 2. The molecule has 0 saturated heterocycles. The van der Waals surface area contributed by atoms with Gasteiger partial charge in [-0.05, 0) is 18.2 Å². The number of benzene rings is 1. The van der Waals surface area contributed by atoms with E-state index in [9.17, 15) is 14.0 Å². The van der Waals surface area contributed by atoms with Gasteiger partial charge in [0.05, 0.1) is 0 Å². The average Bonchev–Trinajstić information content (AvgIpc) is 2.76. The molecule has 0 spiro atoms. The van der Waals surface area contributed by atoms with E-state index in [4.69, 9.17) is 16.7 Å². The Balaban J connectivity index is 2.29.